The van der Waals surface area contributed by atoms with Crippen LogP contribution in [0.25, 0.3) is 0 Å². The summed E-state index contributed by atoms with van der Waals surface area (Å²) < 4.78 is 0.821. The van der Waals surface area contributed by atoms with Crippen LogP contribution in [0, 0.1) is 0 Å². The first-order chi connectivity index (χ1) is 8.66. The van der Waals surface area contributed by atoms with Gasteiger partial charge in [-0.05, 0) is 27.6 Å². The second-order valence-electron chi connectivity index (χ2n) is 3.79. The Morgan fingerprint density at radius 2 is 2.06 bits per heavy atom. The van der Waals surface area contributed by atoms with Crippen LogP contribution in [0.3, 0.4) is 0 Å². The Morgan fingerprint density at radius 3 is 2.72 bits per heavy atom. The van der Waals surface area contributed by atoms with Crippen molar-refractivity contribution in [2.24, 2.45) is 0 Å². The standard InChI is InChI=1S/C13H12BrClN2O/c14-10-6-11(15)13(16-7-10)17-8-12(18)9-4-2-1-3-5-9/h1-7,12,18H,8H2,(H,16,17). The second kappa shape index (κ2) is 6.18. The minimum atomic E-state index is -0.590. The van der Waals surface area contributed by atoms with E-state index in [1.165, 1.54) is 0 Å². The molecule has 94 valence electrons. The third-order valence-corrected chi connectivity index (χ3v) is 3.18. The van der Waals surface area contributed by atoms with Crippen molar-refractivity contribution in [3.8, 4) is 0 Å². The molecule has 0 fully saturated rings. The molecule has 3 nitrogen and oxygen atoms in total. The second-order valence-corrected chi connectivity index (χ2v) is 5.11. The molecule has 0 aliphatic rings. The maximum Gasteiger partial charge on any atom is 0.144 e. The largest absolute Gasteiger partial charge is 0.387 e. The van der Waals surface area contributed by atoms with Crippen molar-refractivity contribution in [3.63, 3.8) is 0 Å². The molecule has 5 heteroatoms. The summed E-state index contributed by atoms with van der Waals surface area (Å²) in [7, 11) is 0. The molecule has 2 rings (SSSR count). The van der Waals surface area contributed by atoms with Crippen molar-refractivity contribution in [3.05, 3.63) is 57.7 Å². The van der Waals surface area contributed by atoms with Gasteiger partial charge in [-0.25, -0.2) is 4.98 Å². The molecule has 0 amide bonds. The van der Waals surface area contributed by atoms with Crippen molar-refractivity contribution in [1.29, 1.82) is 0 Å². The summed E-state index contributed by atoms with van der Waals surface area (Å²) in [6, 6.07) is 11.2. The van der Waals surface area contributed by atoms with E-state index in [-0.39, 0.29) is 0 Å². The summed E-state index contributed by atoms with van der Waals surface area (Å²) in [6.45, 7) is 0.359. The first-order valence-corrected chi connectivity index (χ1v) is 6.62. The van der Waals surface area contributed by atoms with Crippen LogP contribution < -0.4 is 5.32 Å². The summed E-state index contributed by atoms with van der Waals surface area (Å²) in [6.07, 6.45) is 1.07. The quantitative estimate of drug-likeness (QED) is 0.901. The van der Waals surface area contributed by atoms with Gasteiger partial charge in [0.2, 0.25) is 0 Å². The van der Waals surface area contributed by atoms with Gasteiger partial charge in [-0.1, -0.05) is 41.9 Å². The van der Waals surface area contributed by atoms with Gasteiger partial charge in [0.05, 0.1) is 11.1 Å². The fourth-order valence-electron chi connectivity index (χ4n) is 1.53. The fourth-order valence-corrected chi connectivity index (χ4v) is 2.23. The number of aromatic nitrogens is 1. The normalized spacial score (nSPS) is 12.2. The Labute approximate surface area is 119 Å². The molecule has 1 unspecified atom stereocenters. The van der Waals surface area contributed by atoms with Gasteiger partial charge in [0, 0.05) is 17.2 Å². The molecule has 0 radical (unpaired) electrons. The van der Waals surface area contributed by atoms with Crippen LogP contribution in [0.1, 0.15) is 11.7 Å². The minimum Gasteiger partial charge on any atom is -0.387 e. The van der Waals surface area contributed by atoms with Crippen molar-refractivity contribution < 1.29 is 5.11 Å². The lowest BCUT2D eigenvalue weighted by Crippen LogP contribution is -2.13. The molecule has 0 saturated heterocycles. The average molecular weight is 328 g/mol. The van der Waals surface area contributed by atoms with Crippen LogP contribution in [0.5, 0.6) is 0 Å². The van der Waals surface area contributed by atoms with Gasteiger partial charge in [0.15, 0.2) is 0 Å². The lowest BCUT2D eigenvalue weighted by Gasteiger charge is -2.13. The van der Waals surface area contributed by atoms with E-state index in [4.69, 9.17) is 11.6 Å². The highest BCUT2D eigenvalue weighted by atomic mass is 79.9. The number of aliphatic hydroxyl groups is 1. The topological polar surface area (TPSA) is 45.1 Å². The molecule has 0 spiro atoms. The van der Waals surface area contributed by atoms with E-state index in [0.717, 1.165) is 10.0 Å². The Kier molecular flexibility index (Phi) is 4.58. The van der Waals surface area contributed by atoms with E-state index < -0.39 is 6.10 Å². The zero-order valence-electron chi connectivity index (χ0n) is 9.48. The van der Waals surface area contributed by atoms with E-state index >= 15 is 0 Å². The number of benzene rings is 1. The van der Waals surface area contributed by atoms with Gasteiger partial charge in [0.25, 0.3) is 0 Å². The molecule has 2 aromatic rings. The minimum absolute atomic E-state index is 0.359. The summed E-state index contributed by atoms with van der Waals surface area (Å²) in [5.74, 6) is 0.565. The lowest BCUT2D eigenvalue weighted by atomic mass is 10.1. The monoisotopic (exact) mass is 326 g/mol. The maximum absolute atomic E-state index is 9.98. The highest BCUT2D eigenvalue weighted by Crippen LogP contribution is 2.23. The number of pyridine rings is 1. The Balaban J connectivity index is 1.99. The van der Waals surface area contributed by atoms with Gasteiger partial charge in [-0.3, -0.25) is 0 Å². The zero-order chi connectivity index (χ0) is 13.0. The highest BCUT2D eigenvalue weighted by molar-refractivity contribution is 9.10. The van der Waals surface area contributed by atoms with E-state index in [2.05, 4.69) is 26.2 Å². The van der Waals surface area contributed by atoms with Gasteiger partial charge in [-0.2, -0.15) is 0 Å². The third-order valence-electron chi connectivity index (χ3n) is 2.46. The van der Waals surface area contributed by atoms with Gasteiger partial charge in [0.1, 0.15) is 5.82 Å². The fraction of sp³-hybridized carbons (Fsp3) is 0.154. The molecule has 0 saturated carbocycles. The average Bonchev–Trinajstić information content (AvgIpc) is 2.38. The van der Waals surface area contributed by atoms with Crippen molar-refractivity contribution in [1.82, 2.24) is 4.98 Å². The van der Waals surface area contributed by atoms with Crippen LogP contribution in [0.4, 0.5) is 5.82 Å². The number of rotatable bonds is 4. The first kappa shape index (κ1) is 13.3. The summed E-state index contributed by atoms with van der Waals surface area (Å²) in [5.41, 5.74) is 0.859. The Hall–Kier alpha value is -1.10. The van der Waals surface area contributed by atoms with Gasteiger partial charge >= 0.3 is 0 Å². The van der Waals surface area contributed by atoms with Crippen LogP contribution in [-0.2, 0) is 0 Å². The SMILES string of the molecule is OC(CNc1ncc(Br)cc1Cl)c1ccccc1. The van der Waals surface area contributed by atoms with Crippen LogP contribution in [0.15, 0.2) is 47.1 Å². The van der Waals surface area contributed by atoms with Crippen molar-refractivity contribution in [2.75, 3.05) is 11.9 Å². The number of nitrogens with zero attached hydrogens (tertiary/aromatic N) is 1. The van der Waals surface area contributed by atoms with Crippen molar-refractivity contribution in [2.45, 2.75) is 6.10 Å². The smallest absolute Gasteiger partial charge is 0.144 e. The van der Waals surface area contributed by atoms with Crippen molar-refractivity contribution >= 4 is 33.3 Å². The molecule has 1 heterocycles. The number of aliphatic hydroxyl groups excluding tert-OH is 1. The molecule has 1 atom stereocenters. The maximum atomic E-state index is 9.98. The first-order valence-electron chi connectivity index (χ1n) is 5.45. The number of anilines is 1. The molecule has 1 aromatic heterocycles. The van der Waals surface area contributed by atoms with E-state index in [1.807, 2.05) is 30.3 Å². The number of hydrogen-bond donors (Lipinski definition) is 2. The molecule has 0 aliphatic carbocycles. The summed E-state index contributed by atoms with van der Waals surface area (Å²) in [4.78, 5) is 4.14. The predicted molar refractivity (Wildman–Crippen MR) is 76.8 cm³/mol. The van der Waals surface area contributed by atoms with Crippen LogP contribution in [0.2, 0.25) is 5.02 Å². The summed E-state index contributed by atoms with van der Waals surface area (Å²) >= 11 is 9.31. The molecule has 0 aliphatic heterocycles. The molecule has 0 bridgehead atoms. The molecule has 18 heavy (non-hydrogen) atoms. The van der Waals surface area contributed by atoms with Gasteiger partial charge < -0.3 is 10.4 Å². The van der Waals surface area contributed by atoms with E-state index in [0.29, 0.717) is 17.4 Å². The highest BCUT2D eigenvalue weighted by Gasteiger charge is 2.08. The van der Waals surface area contributed by atoms with Crippen LogP contribution >= 0.6 is 27.5 Å². The van der Waals surface area contributed by atoms with E-state index in [1.54, 1.807) is 12.3 Å². The molecular weight excluding hydrogens is 316 g/mol. The molecule has 2 N–H and O–H groups in total. The summed E-state index contributed by atoms with van der Waals surface area (Å²) in [5, 5.41) is 13.5. The Bertz CT molecular complexity index is 522. The third kappa shape index (κ3) is 3.45. The number of halogens is 2. The Morgan fingerprint density at radius 1 is 1.33 bits per heavy atom. The van der Waals surface area contributed by atoms with Gasteiger partial charge in [-0.15, -0.1) is 0 Å². The van der Waals surface area contributed by atoms with E-state index in [9.17, 15) is 5.11 Å². The number of nitrogens with one attached hydrogen (secondary N) is 1. The molecular formula is C13H12BrClN2O. The van der Waals surface area contributed by atoms with Crippen LogP contribution in [-0.4, -0.2) is 16.6 Å². The number of hydrogen-bond acceptors (Lipinski definition) is 3. The molecule has 1 aromatic carbocycles. The predicted octanol–water partition coefficient (Wildman–Crippen LogP) is 3.64. The zero-order valence-corrected chi connectivity index (χ0v) is 11.8. The lowest BCUT2D eigenvalue weighted by molar-refractivity contribution is 0.191.